The molecular formula is C13H22N2O3. The van der Waals surface area contributed by atoms with Gasteiger partial charge in [-0.2, -0.15) is 0 Å². The topological polar surface area (TPSA) is 72.6 Å². The number of nitrogens with two attached hydrogens (primary N) is 1. The fourth-order valence-corrected chi connectivity index (χ4v) is 2.66. The Bertz CT molecular complexity index is 331. The van der Waals surface area contributed by atoms with Gasteiger partial charge in [0.15, 0.2) is 0 Å². The molecule has 0 aromatic rings. The van der Waals surface area contributed by atoms with Gasteiger partial charge in [-0.05, 0) is 39.0 Å². The van der Waals surface area contributed by atoms with Crippen LogP contribution >= 0.6 is 0 Å². The number of likely N-dealkylation sites (tertiary alicyclic amines) is 1. The number of piperidine rings is 1. The molecule has 5 nitrogen and oxygen atoms in total. The third-order valence-electron chi connectivity index (χ3n) is 4.07. The van der Waals surface area contributed by atoms with Crippen LogP contribution in [0.2, 0.25) is 0 Å². The fourth-order valence-electron chi connectivity index (χ4n) is 2.66. The minimum Gasteiger partial charge on any atom is -0.466 e. The summed E-state index contributed by atoms with van der Waals surface area (Å²) in [6.07, 6.45) is 4.02. The van der Waals surface area contributed by atoms with Gasteiger partial charge in [0.2, 0.25) is 5.91 Å². The van der Waals surface area contributed by atoms with Gasteiger partial charge in [-0.3, -0.25) is 9.59 Å². The number of hydrogen-bond acceptors (Lipinski definition) is 4. The summed E-state index contributed by atoms with van der Waals surface area (Å²) in [5, 5.41) is 0. The van der Waals surface area contributed by atoms with Crippen molar-refractivity contribution in [1.29, 1.82) is 0 Å². The molecule has 0 atom stereocenters. The molecule has 1 aliphatic heterocycles. The van der Waals surface area contributed by atoms with Crippen LogP contribution in [0.4, 0.5) is 0 Å². The van der Waals surface area contributed by atoms with Crippen LogP contribution in [0.1, 0.15) is 39.0 Å². The first-order valence-corrected chi connectivity index (χ1v) is 6.82. The van der Waals surface area contributed by atoms with Gasteiger partial charge in [0.1, 0.15) is 0 Å². The minimum atomic E-state index is -0.614. The van der Waals surface area contributed by atoms with E-state index in [1.807, 2.05) is 11.8 Å². The van der Waals surface area contributed by atoms with E-state index in [1.54, 1.807) is 0 Å². The Morgan fingerprint density at radius 2 is 1.94 bits per heavy atom. The smallest absolute Gasteiger partial charge is 0.309 e. The van der Waals surface area contributed by atoms with E-state index in [0.29, 0.717) is 32.5 Å². The molecule has 18 heavy (non-hydrogen) atoms. The Hall–Kier alpha value is -1.10. The molecule has 1 amide bonds. The molecule has 0 bridgehead atoms. The van der Waals surface area contributed by atoms with Crippen LogP contribution < -0.4 is 5.73 Å². The average molecular weight is 254 g/mol. The summed E-state index contributed by atoms with van der Waals surface area (Å²) in [4.78, 5) is 25.6. The minimum absolute atomic E-state index is 0.0517. The van der Waals surface area contributed by atoms with Crippen LogP contribution in [-0.4, -0.2) is 42.0 Å². The summed E-state index contributed by atoms with van der Waals surface area (Å²) in [5.74, 6) is -0.115. The summed E-state index contributed by atoms with van der Waals surface area (Å²) in [6, 6.07) is 0. The first-order valence-electron chi connectivity index (χ1n) is 6.82. The average Bonchev–Trinajstić information content (AvgIpc) is 2.35. The van der Waals surface area contributed by atoms with Crippen LogP contribution in [0.5, 0.6) is 0 Å². The highest BCUT2D eigenvalue weighted by Gasteiger charge is 2.43. The number of carbonyl (C=O) groups excluding carboxylic acids is 2. The molecule has 2 rings (SSSR count). The molecule has 1 heterocycles. The van der Waals surface area contributed by atoms with Crippen molar-refractivity contribution in [2.24, 2.45) is 11.7 Å². The maximum absolute atomic E-state index is 12.2. The highest BCUT2D eigenvalue weighted by atomic mass is 16.5. The largest absolute Gasteiger partial charge is 0.466 e. The zero-order valence-electron chi connectivity index (χ0n) is 11.0. The van der Waals surface area contributed by atoms with Crippen molar-refractivity contribution in [3.05, 3.63) is 0 Å². The number of nitrogens with zero attached hydrogens (tertiary/aromatic N) is 1. The number of carbonyl (C=O) groups is 2. The van der Waals surface area contributed by atoms with Crippen molar-refractivity contribution in [3.8, 4) is 0 Å². The van der Waals surface area contributed by atoms with Crippen molar-refractivity contribution in [3.63, 3.8) is 0 Å². The molecule has 0 aromatic carbocycles. The van der Waals surface area contributed by atoms with E-state index in [4.69, 9.17) is 10.5 Å². The van der Waals surface area contributed by atoms with Gasteiger partial charge in [0.05, 0.1) is 18.1 Å². The number of amides is 1. The van der Waals surface area contributed by atoms with Crippen molar-refractivity contribution >= 4 is 11.9 Å². The van der Waals surface area contributed by atoms with Crippen molar-refractivity contribution < 1.29 is 14.3 Å². The van der Waals surface area contributed by atoms with E-state index < -0.39 is 5.54 Å². The maximum atomic E-state index is 12.2. The summed E-state index contributed by atoms with van der Waals surface area (Å²) in [5.41, 5.74) is 5.42. The fraction of sp³-hybridized carbons (Fsp3) is 0.846. The molecule has 1 saturated heterocycles. The molecular weight excluding hydrogens is 232 g/mol. The Labute approximate surface area is 108 Å². The molecule has 2 fully saturated rings. The van der Waals surface area contributed by atoms with Gasteiger partial charge < -0.3 is 15.4 Å². The first-order chi connectivity index (χ1) is 8.57. The van der Waals surface area contributed by atoms with E-state index in [0.717, 1.165) is 19.3 Å². The molecule has 2 aliphatic rings. The van der Waals surface area contributed by atoms with Crippen LogP contribution in [0.25, 0.3) is 0 Å². The molecule has 0 radical (unpaired) electrons. The quantitative estimate of drug-likeness (QED) is 0.751. The Morgan fingerprint density at radius 1 is 1.33 bits per heavy atom. The first kappa shape index (κ1) is 13.3. The van der Waals surface area contributed by atoms with E-state index in [9.17, 15) is 9.59 Å². The molecule has 0 aromatic heterocycles. The Balaban J connectivity index is 1.83. The second-order valence-electron chi connectivity index (χ2n) is 5.33. The summed E-state index contributed by atoms with van der Waals surface area (Å²) >= 11 is 0. The summed E-state index contributed by atoms with van der Waals surface area (Å²) < 4.78 is 5.01. The van der Waals surface area contributed by atoms with Crippen molar-refractivity contribution in [2.45, 2.75) is 44.6 Å². The predicted molar refractivity (Wildman–Crippen MR) is 66.7 cm³/mol. The lowest BCUT2D eigenvalue weighted by Crippen LogP contribution is -2.60. The van der Waals surface area contributed by atoms with Gasteiger partial charge in [0.25, 0.3) is 0 Å². The van der Waals surface area contributed by atoms with Crippen molar-refractivity contribution in [1.82, 2.24) is 4.90 Å². The second kappa shape index (κ2) is 5.26. The lowest BCUT2D eigenvalue weighted by molar-refractivity contribution is -0.152. The van der Waals surface area contributed by atoms with E-state index >= 15 is 0 Å². The molecule has 1 saturated carbocycles. The molecule has 2 N–H and O–H groups in total. The molecule has 0 unspecified atom stereocenters. The summed E-state index contributed by atoms with van der Waals surface area (Å²) in [7, 11) is 0. The second-order valence-corrected chi connectivity index (χ2v) is 5.33. The molecule has 102 valence electrons. The summed E-state index contributed by atoms with van der Waals surface area (Å²) in [6.45, 7) is 3.48. The molecule has 0 spiro atoms. The van der Waals surface area contributed by atoms with Gasteiger partial charge in [0, 0.05) is 13.1 Å². The maximum Gasteiger partial charge on any atom is 0.309 e. The highest BCUT2D eigenvalue weighted by Crippen LogP contribution is 2.32. The number of hydrogen-bond donors (Lipinski definition) is 1. The van der Waals surface area contributed by atoms with Gasteiger partial charge in [-0.15, -0.1) is 0 Å². The van der Waals surface area contributed by atoms with E-state index in [1.165, 1.54) is 0 Å². The van der Waals surface area contributed by atoms with Gasteiger partial charge in [-0.25, -0.2) is 0 Å². The zero-order valence-corrected chi connectivity index (χ0v) is 11.0. The normalized spacial score (nSPS) is 23.3. The lowest BCUT2D eigenvalue weighted by atomic mass is 9.76. The van der Waals surface area contributed by atoms with Crippen LogP contribution in [0.15, 0.2) is 0 Å². The number of ether oxygens (including phenoxy) is 1. The number of rotatable bonds is 3. The monoisotopic (exact) mass is 254 g/mol. The Kier molecular flexibility index (Phi) is 3.90. The zero-order chi connectivity index (χ0) is 13.2. The Morgan fingerprint density at radius 3 is 2.39 bits per heavy atom. The van der Waals surface area contributed by atoms with Crippen molar-refractivity contribution in [2.75, 3.05) is 19.7 Å². The van der Waals surface area contributed by atoms with E-state index in [-0.39, 0.29) is 17.8 Å². The highest BCUT2D eigenvalue weighted by molar-refractivity contribution is 5.87. The van der Waals surface area contributed by atoms with Crippen LogP contribution in [0, 0.1) is 5.92 Å². The van der Waals surface area contributed by atoms with E-state index in [2.05, 4.69) is 0 Å². The van der Waals surface area contributed by atoms with Gasteiger partial charge >= 0.3 is 5.97 Å². The SMILES string of the molecule is CCOC(=O)C1CCN(C(=O)C2(N)CCC2)CC1. The lowest BCUT2D eigenvalue weighted by Gasteiger charge is -2.42. The predicted octanol–water partition coefficient (Wildman–Crippen LogP) is 0.669. The molecule has 1 aliphatic carbocycles. The van der Waals surface area contributed by atoms with Crippen LogP contribution in [0.3, 0.4) is 0 Å². The standard InChI is InChI=1S/C13H22N2O3/c1-2-18-11(16)10-4-8-15(9-5-10)12(17)13(14)6-3-7-13/h10H,2-9,14H2,1H3. The van der Waals surface area contributed by atoms with Crippen LogP contribution in [-0.2, 0) is 14.3 Å². The molecule has 5 heteroatoms. The third-order valence-corrected chi connectivity index (χ3v) is 4.07. The third kappa shape index (κ3) is 2.51. The number of esters is 1. The van der Waals surface area contributed by atoms with Gasteiger partial charge in [-0.1, -0.05) is 0 Å².